The fraction of sp³-hybridized carbons (Fsp3) is 0.500. The zero-order valence-electron chi connectivity index (χ0n) is 9.23. The third-order valence-corrected chi connectivity index (χ3v) is 3.57. The van der Waals surface area contributed by atoms with Crippen molar-refractivity contribution in [1.82, 2.24) is 0 Å². The predicted molar refractivity (Wildman–Crippen MR) is 69.2 cm³/mol. The SMILES string of the molecule is NOCC1CCCN(c2ccc(Br)cc2)C1. The molecule has 0 saturated carbocycles. The van der Waals surface area contributed by atoms with Crippen LogP contribution in [0.1, 0.15) is 12.8 Å². The Kier molecular flexibility index (Phi) is 4.21. The maximum absolute atomic E-state index is 5.14. The molecule has 1 aromatic rings. The normalized spacial score (nSPS) is 21.1. The van der Waals surface area contributed by atoms with Crippen LogP contribution in [0.4, 0.5) is 5.69 Å². The minimum absolute atomic E-state index is 0.558. The number of benzene rings is 1. The van der Waals surface area contributed by atoms with E-state index in [2.05, 4.69) is 45.1 Å². The van der Waals surface area contributed by atoms with Crippen LogP contribution < -0.4 is 10.8 Å². The number of halogens is 1. The van der Waals surface area contributed by atoms with Crippen LogP contribution in [-0.2, 0) is 4.84 Å². The standard InChI is InChI=1S/C12H17BrN2O/c13-11-3-5-12(6-4-11)15-7-1-2-10(8-15)9-16-14/h3-6,10H,1-2,7-9,14H2. The Hall–Kier alpha value is -0.580. The van der Waals surface area contributed by atoms with Crippen molar-refractivity contribution in [3.8, 4) is 0 Å². The van der Waals surface area contributed by atoms with Crippen LogP contribution in [0, 0.1) is 5.92 Å². The molecular weight excluding hydrogens is 268 g/mol. The third kappa shape index (κ3) is 2.97. The highest BCUT2D eigenvalue weighted by atomic mass is 79.9. The number of rotatable bonds is 3. The molecule has 2 rings (SSSR count). The van der Waals surface area contributed by atoms with E-state index in [-0.39, 0.29) is 0 Å². The minimum atomic E-state index is 0.558. The van der Waals surface area contributed by atoms with E-state index in [9.17, 15) is 0 Å². The van der Waals surface area contributed by atoms with E-state index in [0.29, 0.717) is 12.5 Å². The first-order chi connectivity index (χ1) is 7.79. The molecule has 88 valence electrons. The first-order valence-corrected chi connectivity index (χ1v) is 6.41. The molecule has 0 bridgehead atoms. The second-order valence-corrected chi connectivity index (χ2v) is 5.18. The summed E-state index contributed by atoms with van der Waals surface area (Å²) < 4.78 is 1.12. The summed E-state index contributed by atoms with van der Waals surface area (Å²) in [6, 6.07) is 8.46. The first-order valence-electron chi connectivity index (χ1n) is 5.62. The maximum atomic E-state index is 5.14. The van der Waals surface area contributed by atoms with E-state index < -0.39 is 0 Å². The van der Waals surface area contributed by atoms with E-state index in [0.717, 1.165) is 17.6 Å². The number of nitrogens with zero attached hydrogens (tertiary/aromatic N) is 1. The van der Waals surface area contributed by atoms with Gasteiger partial charge in [0.2, 0.25) is 0 Å². The molecule has 0 radical (unpaired) electrons. The highest BCUT2D eigenvalue weighted by molar-refractivity contribution is 9.10. The van der Waals surface area contributed by atoms with Crippen molar-refractivity contribution in [2.45, 2.75) is 12.8 Å². The molecule has 1 saturated heterocycles. The van der Waals surface area contributed by atoms with Crippen molar-refractivity contribution in [3.63, 3.8) is 0 Å². The molecule has 1 aliphatic rings. The van der Waals surface area contributed by atoms with Gasteiger partial charge in [0, 0.05) is 29.2 Å². The molecule has 1 atom stereocenters. The van der Waals surface area contributed by atoms with Gasteiger partial charge in [0.05, 0.1) is 6.61 Å². The van der Waals surface area contributed by atoms with Gasteiger partial charge in [-0.05, 0) is 37.1 Å². The summed E-state index contributed by atoms with van der Waals surface area (Å²) >= 11 is 3.45. The van der Waals surface area contributed by atoms with E-state index in [4.69, 9.17) is 10.7 Å². The van der Waals surface area contributed by atoms with Crippen LogP contribution in [0.25, 0.3) is 0 Å². The van der Waals surface area contributed by atoms with Gasteiger partial charge in [0.25, 0.3) is 0 Å². The van der Waals surface area contributed by atoms with E-state index >= 15 is 0 Å². The van der Waals surface area contributed by atoms with Crippen LogP contribution in [0.15, 0.2) is 28.7 Å². The van der Waals surface area contributed by atoms with Crippen molar-refractivity contribution < 1.29 is 4.84 Å². The van der Waals surface area contributed by atoms with Gasteiger partial charge in [0.15, 0.2) is 0 Å². The number of hydrogen-bond donors (Lipinski definition) is 1. The predicted octanol–water partition coefficient (Wildman–Crippen LogP) is 2.56. The van der Waals surface area contributed by atoms with Crippen LogP contribution >= 0.6 is 15.9 Å². The molecule has 1 aromatic carbocycles. The molecule has 1 aliphatic heterocycles. The molecule has 2 N–H and O–H groups in total. The van der Waals surface area contributed by atoms with Crippen molar-refractivity contribution in [1.29, 1.82) is 0 Å². The van der Waals surface area contributed by atoms with Crippen molar-refractivity contribution in [3.05, 3.63) is 28.7 Å². The maximum Gasteiger partial charge on any atom is 0.0724 e. The van der Waals surface area contributed by atoms with E-state index in [1.807, 2.05) is 0 Å². The lowest BCUT2D eigenvalue weighted by Gasteiger charge is -2.34. The molecule has 0 aliphatic carbocycles. The van der Waals surface area contributed by atoms with Gasteiger partial charge in [-0.2, -0.15) is 0 Å². The van der Waals surface area contributed by atoms with Crippen molar-refractivity contribution in [2.24, 2.45) is 11.8 Å². The number of nitrogens with two attached hydrogens (primary N) is 1. The molecular formula is C12H17BrN2O. The zero-order chi connectivity index (χ0) is 11.4. The van der Waals surface area contributed by atoms with Gasteiger partial charge >= 0.3 is 0 Å². The molecule has 1 heterocycles. The van der Waals surface area contributed by atoms with Crippen LogP contribution in [-0.4, -0.2) is 19.7 Å². The second kappa shape index (κ2) is 5.66. The molecule has 0 amide bonds. The highest BCUT2D eigenvalue weighted by Gasteiger charge is 2.19. The lowest BCUT2D eigenvalue weighted by molar-refractivity contribution is 0.0951. The summed E-state index contributed by atoms with van der Waals surface area (Å²) in [5, 5.41) is 0. The molecule has 0 aromatic heterocycles. The van der Waals surface area contributed by atoms with Gasteiger partial charge in [0.1, 0.15) is 0 Å². The van der Waals surface area contributed by atoms with Crippen molar-refractivity contribution >= 4 is 21.6 Å². The lowest BCUT2D eigenvalue weighted by atomic mass is 9.98. The molecule has 4 heteroatoms. The molecule has 1 unspecified atom stereocenters. The molecule has 16 heavy (non-hydrogen) atoms. The second-order valence-electron chi connectivity index (χ2n) is 4.26. The van der Waals surface area contributed by atoms with Crippen LogP contribution in [0.5, 0.6) is 0 Å². The smallest absolute Gasteiger partial charge is 0.0724 e. The Morgan fingerprint density at radius 2 is 2.12 bits per heavy atom. The summed E-state index contributed by atoms with van der Waals surface area (Å²) in [7, 11) is 0. The number of piperidine rings is 1. The summed E-state index contributed by atoms with van der Waals surface area (Å²) in [4.78, 5) is 7.15. The molecule has 1 fully saturated rings. The topological polar surface area (TPSA) is 38.5 Å². The quantitative estimate of drug-likeness (QED) is 0.867. The van der Waals surface area contributed by atoms with Crippen LogP contribution in [0.3, 0.4) is 0 Å². The van der Waals surface area contributed by atoms with Crippen molar-refractivity contribution in [2.75, 3.05) is 24.6 Å². The number of hydrogen-bond acceptors (Lipinski definition) is 3. The Morgan fingerprint density at radius 1 is 1.38 bits per heavy atom. The first kappa shape index (κ1) is 11.9. The Balaban J connectivity index is 2.01. The average Bonchev–Trinajstić information content (AvgIpc) is 2.31. The summed E-state index contributed by atoms with van der Waals surface area (Å²) in [6.07, 6.45) is 2.42. The van der Waals surface area contributed by atoms with Crippen LogP contribution in [0.2, 0.25) is 0 Å². The fourth-order valence-electron chi connectivity index (χ4n) is 2.22. The van der Waals surface area contributed by atoms with Gasteiger partial charge in [-0.3, -0.25) is 0 Å². The summed E-state index contributed by atoms with van der Waals surface area (Å²) in [5.74, 6) is 5.70. The summed E-state index contributed by atoms with van der Waals surface area (Å²) in [6.45, 7) is 2.83. The van der Waals surface area contributed by atoms with E-state index in [1.54, 1.807) is 0 Å². The van der Waals surface area contributed by atoms with E-state index in [1.165, 1.54) is 18.5 Å². The minimum Gasteiger partial charge on any atom is -0.371 e. The average molecular weight is 285 g/mol. The zero-order valence-corrected chi connectivity index (χ0v) is 10.8. The summed E-state index contributed by atoms with van der Waals surface area (Å²) in [5.41, 5.74) is 1.28. The fourth-order valence-corrected chi connectivity index (χ4v) is 2.49. The highest BCUT2D eigenvalue weighted by Crippen LogP contribution is 2.24. The van der Waals surface area contributed by atoms with Gasteiger partial charge < -0.3 is 9.74 Å². The Morgan fingerprint density at radius 3 is 2.81 bits per heavy atom. The van der Waals surface area contributed by atoms with Gasteiger partial charge in [-0.25, -0.2) is 5.90 Å². The molecule has 3 nitrogen and oxygen atoms in total. The Bertz CT molecular complexity index is 326. The largest absolute Gasteiger partial charge is 0.371 e. The third-order valence-electron chi connectivity index (χ3n) is 3.04. The lowest BCUT2D eigenvalue weighted by Crippen LogP contribution is -2.37. The molecule has 0 spiro atoms. The Labute approximate surface area is 105 Å². The van der Waals surface area contributed by atoms with Gasteiger partial charge in [-0.1, -0.05) is 15.9 Å². The monoisotopic (exact) mass is 284 g/mol. The van der Waals surface area contributed by atoms with Gasteiger partial charge in [-0.15, -0.1) is 0 Å². The number of anilines is 1.